The van der Waals surface area contributed by atoms with Crippen LogP contribution in [0.2, 0.25) is 0 Å². The van der Waals surface area contributed by atoms with Crippen LogP contribution in [0, 0.1) is 0 Å². The number of piperidine rings is 1. The molecule has 2 aliphatic heterocycles. The van der Waals surface area contributed by atoms with Crippen LogP contribution in [-0.2, 0) is 22.2 Å². The summed E-state index contributed by atoms with van der Waals surface area (Å²) in [5.41, 5.74) is 7.63. The summed E-state index contributed by atoms with van der Waals surface area (Å²) in [6.07, 6.45) is -2.49. The first-order chi connectivity index (χ1) is 20.0. The fraction of sp³-hybridized carbons (Fsp3) is 0.296. The first-order valence-electron chi connectivity index (χ1n) is 13.0. The van der Waals surface area contributed by atoms with Gasteiger partial charge in [-0.1, -0.05) is 5.16 Å². The Hall–Kier alpha value is -4.92. The van der Waals surface area contributed by atoms with E-state index in [1.54, 1.807) is 29.2 Å². The molecule has 2 aromatic carbocycles. The smallest absolute Gasteiger partial charge is 0.380 e. The van der Waals surface area contributed by atoms with Crippen molar-refractivity contribution in [2.45, 2.75) is 38.8 Å². The van der Waals surface area contributed by atoms with Gasteiger partial charge in [-0.05, 0) is 61.7 Å². The summed E-state index contributed by atoms with van der Waals surface area (Å²) in [5.74, 6) is -0.921. The van der Waals surface area contributed by atoms with E-state index in [9.17, 15) is 27.6 Å². The molecule has 15 heteroatoms. The van der Waals surface area contributed by atoms with Crippen molar-refractivity contribution < 1.29 is 37.3 Å². The minimum atomic E-state index is -4.74. The predicted molar refractivity (Wildman–Crippen MR) is 144 cm³/mol. The third kappa shape index (κ3) is 5.37. The average Bonchev–Trinajstić information content (AvgIpc) is 3.55. The van der Waals surface area contributed by atoms with Gasteiger partial charge < -0.3 is 20.1 Å². The number of nitrogens with zero attached hydrogens (tertiary/aromatic N) is 5. The Balaban J connectivity index is 0.000000652. The van der Waals surface area contributed by atoms with E-state index in [0.29, 0.717) is 29.6 Å². The molecule has 42 heavy (non-hydrogen) atoms. The molecule has 1 saturated heterocycles. The number of nitrogen functional groups attached to an aromatic ring is 1. The van der Waals surface area contributed by atoms with Crippen molar-refractivity contribution in [1.29, 1.82) is 0 Å². The Morgan fingerprint density at radius 1 is 1.00 bits per heavy atom. The van der Waals surface area contributed by atoms with Gasteiger partial charge in [-0.3, -0.25) is 19.6 Å². The van der Waals surface area contributed by atoms with Crippen LogP contribution in [0.4, 0.5) is 30.4 Å². The quantitative estimate of drug-likeness (QED) is 0.242. The van der Waals surface area contributed by atoms with E-state index in [-0.39, 0.29) is 41.6 Å². The third-order valence-corrected chi connectivity index (χ3v) is 6.97. The molecule has 0 aliphatic carbocycles. The molecule has 220 valence electrons. The number of carbonyl (C=O) groups excluding carboxylic acids is 3. The van der Waals surface area contributed by atoms with Crippen LogP contribution < -0.4 is 21.0 Å². The maximum Gasteiger partial charge on any atom is 0.435 e. The van der Waals surface area contributed by atoms with E-state index in [0.717, 1.165) is 23.2 Å². The number of nitrogens with two attached hydrogens (primary N) is 1. The fourth-order valence-corrected chi connectivity index (χ4v) is 4.99. The van der Waals surface area contributed by atoms with Crippen LogP contribution in [0.5, 0.6) is 0 Å². The molecule has 2 aliphatic rings. The van der Waals surface area contributed by atoms with Gasteiger partial charge in [0.05, 0.1) is 11.1 Å². The summed E-state index contributed by atoms with van der Waals surface area (Å²) in [6.45, 7) is 1.91. The number of fused-ring (bicyclic) bond motifs is 2. The lowest BCUT2D eigenvalue weighted by atomic mass is 10.0. The molecule has 0 bridgehead atoms. The van der Waals surface area contributed by atoms with Gasteiger partial charge in [0.15, 0.2) is 17.1 Å². The molecule has 6 rings (SSSR count). The number of aromatic nitrogens is 3. The zero-order chi connectivity index (χ0) is 30.2. The Labute approximate surface area is 236 Å². The highest BCUT2D eigenvalue weighted by Gasteiger charge is 2.43. The SMILES string of the molecule is CC(=O)NO.Nc1noc2ccc(-n3nc(C(F)(F)F)c4c3C(=O)N(c3ccc(N5CCCCC5=O)cc3)CC4)cc12. The van der Waals surface area contributed by atoms with Crippen molar-refractivity contribution in [3.05, 3.63) is 59.4 Å². The molecule has 0 spiro atoms. The molecular formula is C27H26F3N7O5. The zero-order valence-electron chi connectivity index (χ0n) is 22.3. The molecule has 0 unspecified atom stereocenters. The summed E-state index contributed by atoms with van der Waals surface area (Å²) in [6, 6.07) is 11.4. The Bertz CT molecular complexity index is 1660. The van der Waals surface area contributed by atoms with E-state index in [2.05, 4.69) is 10.3 Å². The minimum absolute atomic E-state index is 0.0278. The third-order valence-electron chi connectivity index (χ3n) is 6.97. The minimum Gasteiger partial charge on any atom is -0.380 e. The molecule has 4 N–H and O–H groups in total. The van der Waals surface area contributed by atoms with Gasteiger partial charge in [0.25, 0.3) is 5.91 Å². The largest absolute Gasteiger partial charge is 0.435 e. The summed E-state index contributed by atoms with van der Waals surface area (Å²) < 4.78 is 47.8. The number of nitrogens with one attached hydrogen (secondary N) is 1. The van der Waals surface area contributed by atoms with Gasteiger partial charge in [0.1, 0.15) is 5.69 Å². The maximum atomic E-state index is 13.9. The summed E-state index contributed by atoms with van der Waals surface area (Å²) in [5, 5.41) is 15.4. The summed E-state index contributed by atoms with van der Waals surface area (Å²) in [4.78, 5) is 38.5. The van der Waals surface area contributed by atoms with Gasteiger partial charge in [0, 0.05) is 43.4 Å². The summed E-state index contributed by atoms with van der Waals surface area (Å²) in [7, 11) is 0. The van der Waals surface area contributed by atoms with Crippen LogP contribution in [0.15, 0.2) is 47.0 Å². The van der Waals surface area contributed by atoms with Crippen LogP contribution in [-0.4, -0.2) is 51.0 Å². The molecule has 4 heterocycles. The van der Waals surface area contributed by atoms with Crippen molar-refractivity contribution in [2.75, 3.05) is 28.6 Å². The van der Waals surface area contributed by atoms with Gasteiger partial charge in [0.2, 0.25) is 11.8 Å². The van der Waals surface area contributed by atoms with Crippen molar-refractivity contribution in [1.82, 2.24) is 20.4 Å². The lowest BCUT2D eigenvalue weighted by molar-refractivity contribution is -0.142. The second-order valence-electron chi connectivity index (χ2n) is 9.73. The molecule has 12 nitrogen and oxygen atoms in total. The van der Waals surface area contributed by atoms with Crippen molar-refractivity contribution in [2.24, 2.45) is 0 Å². The standard InChI is InChI=1S/C25H21F3N6O3.C2H5NO2/c26-25(27,28)22-17-10-12-33(15-6-4-14(5-7-15)32-11-2-1-3-20(32)35)24(36)21(17)34(30-22)16-8-9-19-18(13-16)23(29)31-37-19;1-2(4)3-5/h4-9,13H,1-3,10-12H2,(H2,29,31);5H,1H3,(H,3,4). The van der Waals surface area contributed by atoms with E-state index >= 15 is 0 Å². The van der Waals surface area contributed by atoms with Crippen molar-refractivity contribution >= 4 is 45.9 Å². The van der Waals surface area contributed by atoms with Crippen LogP contribution in [0.1, 0.15) is 47.9 Å². The molecule has 1 fully saturated rings. The van der Waals surface area contributed by atoms with Crippen LogP contribution in [0.3, 0.4) is 0 Å². The van der Waals surface area contributed by atoms with E-state index in [1.165, 1.54) is 35.5 Å². The monoisotopic (exact) mass is 585 g/mol. The Kier molecular flexibility index (Phi) is 7.60. The number of hydrogen-bond acceptors (Lipinski definition) is 8. The number of hydrogen-bond donors (Lipinski definition) is 3. The zero-order valence-corrected chi connectivity index (χ0v) is 22.3. The molecular weight excluding hydrogens is 559 g/mol. The maximum absolute atomic E-state index is 13.9. The Morgan fingerprint density at radius 2 is 1.64 bits per heavy atom. The van der Waals surface area contributed by atoms with Gasteiger partial charge >= 0.3 is 6.18 Å². The van der Waals surface area contributed by atoms with Gasteiger partial charge in [-0.2, -0.15) is 18.3 Å². The first kappa shape index (κ1) is 28.6. The number of hydroxylamine groups is 1. The topological polar surface area (TPSA) is 160 Å². The van der Waals surface area contributed by atoms with Crippen molar-refractivity contribution in [3.8, 4) is 5.69 Å². The Morgan fingerprint density at radius 3 is 2.26 bits per heavy atom. The van der Waals surface area contributed by atoms with Crippen molar-refractivity contribution in [3.63, 3.8) is 0 Å². The number of carbonyl (C=O) groups is 3. The van der Waals surface area contributed by atoms with Gasteiger partial charge in [-0.25, -0.2) is 10.2 Å². The molecule has 4 aromatic rings. The van der Waals surface area contributed by atoms with E-state index in [4.69, 9.17) is 15.5 Å². The molecule has 2 aromatic heterocycles. The highest BCUT2D eigenvalue weighted by molar-refractivity contribution is 6.08. The first-order valence-corrected chi connectivity index (χ1v) is 13.0. The number of halogens is 3. The highest BCUT2D eigenvalue weighted by atomic mass is 19.4. The lowest BCUT2D eigenvalue weighted by Gasteiger charge is -2.30. The van der Waals surface area contributed by atoms with E-state index < -0.39 is 23.7 Å². The average molecular weight is 586 g/mol. The number of benzene rings is 2. The second-order valence-corrected chi connectivity index (χ2v) is 9.73. The second kappa shape index (κ2) is 11.2. The van der Waals surface area contributed by atoms with Gasteiger partial charge in [-0.15, -0.1) is 0 Å². The van der Waals surface area contributed by atoms with E-state index in [1.807, 2.05) is 0 Å². The fourth-order valence-electron chi connectivity index (χ4n) is 4.99. The normalized spacial score (nSPS) is 15.4. The molecule has 0 radical (unpaired) electrons. The highest BCUT2D eigenvalue weighted by Crippen LogP contribution is 2.38. The van der Waals surface area contributed by atoms with Crippen LogP contribution >= 0.6 is 0 Å². The number of alkyl halides is 3. The molecule has 0 saturated carbocycles. The summed E-state index contributed by atoms with van der Waals surface area (Å²) >= 11 is 0. The number of anilines is 3. The molecule has 3 amide bonds. The predicted octanol–water partition coefficient (Wildman–Crippen LogP) is 3.85. The van der Waals surface area contributed by atoms with Crippen LogP contribution in [0.25, 0.3) is 16.7 Å². The number of rotatable bonds is 3. The molecule has 0 atom stereocenters. The lowest BCUT2D eigenvalue weighted by Crippen LogP contribution is -2.39. The number of amides is 3.